The van der Waals surface area contributed by atoms with Crippen LogP contribution in [0.1, 0.15) is 29.4 Å². The van der Waals surface area contributed by atoms with Gasteiger partial charge in [-0.25, -0.2) is 14.6 Å². The summed E-state index contributed by atoms with van der Waals surface area (Å²) in [4.78, 5) is 34.9. The maximum Gasteiger partial charge on any atom is 0.328 e. The number of hydrogen-bond donors (Lipinski definition) is 2. The van der Waals surface area contributed by atoms with Crippen LogP contribution in [-0.4, -0.2) is 72.8 Å². The van der Waals surface area contributed by atoms with Gasteiger partial charge in [-0.3, -0.25) is 0 Å². The lowest BCUT2D eigenvalue weighted by molar-refractivity contribution is -0.142. The third-order valence-corrected chi connectivity index (χ3v) is 5.95. The molecule has 31 heavy (non-hydrogen) atoms. The van der Waals surface area contributed by atoms with Crippen LogP contribution in [0.5, 0.6) is 11.5 Å². The van der Waals surface area contributed by atoms with Gasteiger partial charge in [-0.15, -0.1) is 0 Å². The van der Waals surface area contributed by atoms with Crippen molar-refractivity contribution in [3.63, 3.8) is 0 Å². The summed E-state index contributed by atoms with van der Waals surface area (Å²) in [6.45, 7) is 0.447. The SMILES string of the molecule is COC(=O)[C@H](CCSC)NC(=O)N1CCc2[nH]cnc2[C@@H]1c1cccc(OC)c1OC. The highest BCUT2D eigenvalue weighted by Crippen LogP contribution is 2.42. The van der Waals surface area contributed by atoms with E-state index in [4.69, 9.17) is 14.2 Å². The summed E-state index contributed by atoms with van der Waals surface area (Å²) in [5.41, 5.74) is 2.46. The van der Waals surface area contributed by atoms with Crippen molar-refractivity contribution in [1.82, 2.24) is 20.2 Å². The first kappa shape index (κ1) is 22.8. The summed E-state index contributed by atoms with van der Waals surface area (Å²) in [5.74, 6) is 1.36. The Bertz CT molecular complexity index is 919. The number of hydrogen-bond acceptors (Lipinski definition) is 7. The number of aromatic amines is 1. The zero-order valence-corrected chi connectivity index (χ0v) is 19.0. The Kier molecular flexibility index (Phi) is 7.67. The molecule has 0 radical (unpaired) electrons. The topological polar surface area (TPSA) is 106 Å². The quantitative estimate of drug-likeness (QED) is 0.597. The van der Waals surface area contributed by atoms with E-state index in [-0.39, 0.29) is 6.03 Å². The largest absolute Gasteiger partial charge is 0.493 e. The molecule has 9 nitrogen and oxygen atoms in total. The number of aromatic nitrogens is 2. The number of thioether (sulfide) groups is 1. The molecule has 3 rings (SSSR count). The van der Waals surface area contributed by atoms with Gasteiger partial charge in [0.15, 0.2) is 11.5 Å². The minimum absolute atomic E-state index is 0.361. The molecule has 0 fully saturated rings. The molecule has 2 amide bonds. The van der Waals surface area contributed by atoms with Gasteiger partial charge in [0.2, 0.25) is 0 Å². The molecule has 0 saturated carbocycles. The fourth-order valence-corrected chi connectivity index (χ4v) is 4.27. The molecule has 0 aliphatic carbocycles. The third-order valence-electron chi connectivity index (χ3n) is 5.31. The minimum atomic E-state index is -0.724. The third kappa shape index (κ3) is 4.73. The van der Waals surface area contributed by atoms with Crippen molar-refractivity contribution in [3.8, 4) is 11.5 Å². The van der Waals surface area contributed by atoms with Crippen molar-refractivity contribution in [2.45, 2.75) is 24.9 Å². The number of H-pyrrole nitrogens is 1. The highest BCUT2D eigenvalue weighted by molar-refractivity contribution is 7.98. The van der Waals surface area contributed by atoms with Crippen molar-refractivity contribution in [2.75, 3.05) is 39.9 Å². The highest BCUT2D eigenvalue weighted by atomic mass is 32.2. The fraction of sp³-hybridized carbons (Fsp3) is 0.476. The van der Waals surface area contributed by atoms with Crippen LogP contribution in [0.15, 0.2) is 24.5 Å². The van der Waals surface area contributed by atoms with Crippen LogP contribution >= 0.6 is 11.8 Å². The average molecular weight is 449 g/mol. The van der Waals surface area contributed by atoms with Gasteiger partial charge < -0.3 is 29.4 Å². The highest BCUT2D eigenvalue weighted by Gasteiger charge is 2.37. The van der Waals surface area contributed by atoms with Crippen molar-refractivity contribution >= 4 is 23.8 Å². The predicted octanol–water partition coefficient (Wildman–Crippen LogP) is 2.38. The van der Waals surface area contributed by atoms with Crippen LogP contribution in [0.4, 0.5) is 4.79 Å². The number of benzene rings is 1. The van der Waals surface area contributed by atoms with Gasteiger partial charge in [0, 0.05) is 24.2 Å². The number of para-hydroxylation sites is 1. The summed E-state index contributed by atoms with van der Waals surface area (Å²) >= 11 is 1.60. The number of carbonyl (C=O) groups excluding carboxylic acids is 2. The molecular weight excluding hydrogens is 420 g/mol. The van der Waals surface area contributed by atoms with E-state index in [1.165, 1.54) is 7.11 Å². The Morgan fingerprint density at radius 2 is 2.13 bits per heavy atom. The van der Waals surface area contributed by atoms with E-state index >= 15 is 0 Å². The maximum atomic E-state index is 13.4. The Morgan fingerprint density at radius 1 is 1.32 bits per heavy atom. The number of amides is 2. The summed E-state index contributed by atoms with van der Waals surface area (Å²) in [5, 5.41) is 2.85. The van der Waals surface area contributed by atoms with Crippen LogP contribution in [0.3, 0.4) is 0 Å². The second-order valence-electron chi connectivity index (χ2n) is 7.00. The lowest BCUT2D eigenvalue weighted by Crippen LogP contribution is -2.51. The van der Waals surface area contributed by atoms with Crippen LogP contribution in [-0.2, 0) is 16.0 Å². The Labute approximate surface area is 185 Å². The molecule has 1 aliphatic rings. The number of imidazole rings is 1. The van der Waals surface area contributed by atoms with Crippen LogP contribution < -0.4 is 14.8 Å². The fourth-order valence-electron chi connectivity index (χ4n) is 3.80. The van der Waals surface area contributed by atoms with E-state index < -0.39 is 18.1 Å². The van der Waals surface area contributed by atoms with E-state index in [1.807, 2.05) is 18.4 Å². The molecule has 168 valence electrons. The smallest absolute Gasteiger partial charge is 0.328 e. The first-order valence-electron chi connectivity index (χ1n) is 9.92. The second kappa shape index (κ2) is 10.4. The molecule has 0 spiro atoms. The van der Waals surface area contributed by atoms with Gasteiger partial charge in [0.05, 0.1) is 33.4 Å². The van der Waals surface area contributed by atoms with Gasteiger partial charge in [-0.05, 0) is 24.5 Å². The Morgan fingerprint density at radius 3 is 2.81 bits per heavy atom. The summed E-state index contributed by atoms with van der Waals surface area (Å²) < 4.78 is 16.0. The molecule has 2 atom stereocenters. The molecule has 1 aromatic heterocycles. The van der Waals surface area contributed by atoms with Gasteiger partial charge in [-0.1, -0.05) is 12.1 Å². The predicted molar refractivity (Wildman–Crippen MR) is 118 cm³/mol. The lowest BCUT2D eigenvalue weighted by atomic mass is 9.94. The van der Waals surface area contributed by atoms with Gasteiger partial charge >= 0.3 is 12.0 Å². The first-order valence-corrected chi connectivity index (χ1v) is 11.3. The Balaban J connectivity index is 1.98. The second-order valence-corrected chi connectivity index (χ2v) is 7.99. The van der Waals surface area contributed by atoms with Crippen molar-refractivity contribution < 1.29 is 23.8 Å². The van der Waals surface area contributed by atoms with E-state index in [0.29, 0.717) is 30.9 Å². The van der Waals surface area contributed by atoms with Crippen LogP contribution in [0, 0.1) is 0 Å². The molecule has 2 heterocycles. The van der Waals surface area contributed by atoms with E-state index in [2.05, 4.69) is 15.3 Å². The number of esters is 1. The monoisotopic (exact) mass is 448 g/mol. The standard InChI is InChI=1S/C21H28N4O5S/c1-28-16-7-5-6-13(19(16)29-2)18-17-14(22-12-23-17)8-10-25(18)21(27)24-15(9-11-31-4)20(26)30-3/h5-7,12,15,18H,8-11H2,1-4H3,(H,22,23)(H,24,27)/t15-,18-/m0/s1. The number of nitrogens with zero attached hydrogens (tertiary/aromatic N) is 2. The summed E-state index contributed by atoms with van der Waals surface area (Å²) in [7, 11) is 4.46. The van der Waals surface area contributed by atoms with Crippen molar-refractivity contribution in [2.24, 2.45) is 0 Å². The van der Waals surface area contributed by atoms with Crippen LogP contribution in [0.2, 0.25) is 0 Å². The number of urea groups is 1. The van der Waals surface area contributed by atoms with E-state index in [1.54, 1.807) is 43.3 Å². The molecule has 0 saturated heterocycles. The zero-order chi connectivity index (χ0) is 22.4. The lowest BCUT2D eigenvalue weighted by Gasteiger charge is -2.36. The maximum absolute atomic E-state index is 13.4. The zero-order valence-electron chi connectivity index (χ0n) is 18.1. The molecule has 2 N–H and O–H groups in total. The molecular formula is C21H28N4O5S. The molecule has 1 aromatic carbocycles. The first-order chi connectivity index (χ1) is 15.0. The Hall–Kier alpha value is -2.88. The molecule has 0 unspecified atom stereocenters. The molecule has 1 aliphatic heterocycles. The summed E-state index contributed by atoms with van der Waals surface area (Å²) in [6.07, 6.45) is 4.68. The van der Waals surface area contributed by atoms with E-state index in [0.717, 1.165) is 22.7 Å². The molecule has 10 heteroatoms. The number of carbonyl (C=O) groups is 2. The van der Waals surface area contributed by atoms with Gasteiger partial charge in [0.1, 0.15) is 12.1 Å². The number of fused-ring (bicyclic) bond motifs is 1. The minimum Gasteiger partial charge on any atom is -0.493 e. The average Bonchev–Trinajstić information content (AvgIpc) is 3.28. The number of ether oxygens (including phenoxy) is 3. The number of rotatable bonds is 8. The number of methoxy groups -OCH3 is 3. The number of nitrogens with one attached hydrogen (secondary N) is 2. The van der Waals surface area contributed by atoms with Gasteiger partial charge in [-0.2, -0.15) is 11.8 Å². The van der Waals surface area contributed by atoms with Crippen LogP contribution in [0.25, 0.3) is 0 Å². The normalized spacial score (nSPS) is 16.3. The van der Waals surface area contributed by atoms with Crippen molar-refractivity contribution in [3.05, 3.63) is 41.5 Å². The van der Waals surface area contributed by atoms with E-state index in [9.17, 15) is 9.59 Å². The van der Waals surface area contributed by atoms with Crippen molar-refractivity contribution in [1.29, 1.82) is 0 Å². The molecule has 0 bridgehead atoms. The summed E-state index contributed by atoms with van der Waals surface area (Å²) in [6, 6.07) is 3.96. The van der Waals surface area contributed by atoms with Gasteiger partial charge in [0.25, 0.3) is 0 Å². The molecule has 2 aromatic rings.